The van der Waals surface area contributed by atoms with Gasteiger partial charge in [-0.25, -0.2) is 4.98 Å². The zero-order valence-corrected chi connectivity index (χ0v) is 19.1. The smallest absolute Gasteiger partial charge is 0.191 e. The van der Waals surface area contributed by atoms with Crippen LogP contribution in [-0.4, -0.2) is 55.1 Å². The van der Waals surface area contributed by atoms with Gasteiger partial charge in [0.05, 0.1) is 6.54 Å². The number of halogens is 2. The lowest BCUT2D eigenvalue weighted by Crippen LogP contribution is -2.39. The van der Waals surface area contributed by atoms with Gasteiger partial charge in [-0.05, 0) is 44.9 Å². The maximum absolute atomic E-state index is 5.82. The zero-order valence-electron chi connectivity index (χ0n) is 16.0. The average Bonchev–Trinajstić information content (AvgIpc) is 2.64. The van der Waals surface area contributed by atoms with Gasteiger partial charge in [0.2, 0.25) is 0 Å². The van der Waals surface area contributed by atoms with E-state index in [1.54, 1.807) is 0 Å². The van der Waals surface area contributed by atoms with Crippen LogP contribution >= 0.6 is 35.6 Å². The van der Waals surface area contributed by atoms with E-state index in [9.17, 15) is 0 Å². The lowest BCUT2D eigenvalue weighted by molar-refractivity contribution is 0.196. The summed E-state index contributed by atoms with van der Waals surface area (Å²) < 4.78 is 0. The van der Waals surface area contributed by atoms with Crippen molar-refractivity contribution in [2.75, 3.05) is 33.2 Å². The summed E-state index contributed by atoms with van der Waals surface area (Å²) in [6.07, 6.45) is 9.56. The minimum absolute atomic E-state index is 0. The summed E-state index contributed by atoms with van der Waals surface area (Å²) in [5.41, 5.74) is 1.17. The fourth-order valence-corrected chi connectivity index (χ4v) is 3.36. The van der Waals surface area contributed by atoms with Crippen molar-refractivity contribution in [1.29, 1.82) is 0 Å². The average molecular weight is 494 g/mol. The van der Waals surface area contributed by atoms with Crippen LogP contribution in [0, 0.1) is 0 Å². The molecule has 0 bridgehead atoms. The van der Waals surface area contributed by atoms with Crippen LogP contribution in [0.4, 0.5) is 0 Å². The molecule has 7 heteroatoms. The molecule has 2 rings (SSSR count). The summed E-state index contributed by atoms with van der Waals surface area (Å²) in [6.45, 7) is 5.63. The summed E-state index contributed by atoms with van der Waals surface area (Å²) in [5, 5.41) is 7.25. The molecule has 1 fully saturated rings. The van der Waals surface area contributed by atoms with E-state index in [-0.39, 0.29) is 24.0 Å². The Hall–Kier alpha value is -0.600. The molecule has 1 heterocycles. The third-order valence-corrected chi connectivity index (χ3v) is 4.98. The molecule has 1 aliphatic rings. The van der Waals surface area contributed by atoms with Crippen LogP contribution in [0.3, 0.4) is 0 Å². The molecule has 2 N–H and O–H groups in total. The van der Waals surface area contributed by atoms with Crippen molar-refractivity contribution in [2.24, 2.45) is 4.99 Å². The Morgan fingerprint density at radius 2 is 2.04 bits per heavy atom. The van der Waals surface area contributed by atoms with E-state index < -0.39 is 0 Å². The van der Waals surface area contributed by atoms with Crippen molar-refractivity contribution in [3.63, 3.8) is 0 Å². The number of aliphatic imine (C=N–C) groups is 1. The predicted octanol–water partition coefficient (Wildman–Crippen LogP) is 3.72. The summed E-state index contributed by atoms with van der Waals surface area (Å²) in [5.74, 6) is 0.890. The van der Waals surface area contributed by atoms with Crippen molar-refractivity contribution in [1.82, 2.24) is 20.5 Å². The molecule has 5 nitrogen and oxygen atoms in total. The van der Waals surface area contributed by atoms with Crippen molar-refractivity contribution in [3.8, 4) is 0 Å². The number of nitrogens with zero attached hydrogens (tertiary/aromatic N) is 3. The number of nitrogens with one attached hydrogen (secondary N) is 2. The molecule has 0 atom stereocenters. The molecule has 1 aliphatic carbocycles. The fourth-order valence-electron chi connectivity index (χ4n) is 3.25. The molecule has 0 aromatic carbocycles. The first-order valence-corrected chi connectivity index (χ1v) is 9.89. The Morgan fingerprint density at radius 3 is 2.69 bits per heavy atom. The van der Waals surface area contributed by atoms with Crippen LogP contribution in [0.25, 0.3) is 0 Å². The van der Waals surface area contributed by atoms with E-state index in [0.717, 1.165) is 44.6 Å². The van der Waals surface area contributed by atoms with Gasteiger partial charge in [-0.15, -0.1) is 24.0 Å². The van der Waals surface area contributed by atoms with Crippen molar-refractivity contribution in [2.45, 2.75) is 51.5 Å². The number of guanidine groups is 1. The Labute approximate surface area is 180 Å². The van der Waals surface area contributed by atoms with Gasteiger partial charge in [0.1, 0.15) is 5.15 Å². The quantitative estimate of drug-likeness (QED) is 0.251. The third-order valence-electron chi connectivity index (χ3n) is 4.76. The van der Waals surface area contributed by atoms with E-state index in [1.165, 1.54) is 37.7 Å². The summed E-state index contributed by atoms with van der Waals surface area (Å²) in [7, 11) is 2.24. The molecular formula is C19H33ClIN5. The highest BCUT2D eigenvalue weighted by molar-refractivity contribution is 14.0. The molecule has 0 radical (unpaired) electrons. The third kappa shape index (κ3) is 8.86. The molecule has 26 heavy (non-hydrogen) atoms. The maximum Gasteiger partial charge on any atom is 0.191 e. The van der Waals surface area contributed by atoms with Crippen LogP contribution in [0.2, 0.25) is 5.15 Å². The van der Waals surface area contributed by atoms with Crippen LogP contribution in [0.15, 0.2) is 23.3 Å². The molecule has 1 aromatic rings. The van der Waals surface area contributed by atoms with E-state index >= 15 is 0 Å². The van der Waals surface area contributed by atoms with Gasteiger partial charge in [0.25, 0.3) is 0 Å². The Balaban J connectivity index is 0.00000338. The SMILES string of the molecule is CCNC(=NCCN(C)C1CCCCC1)NCCc1ccc(Cl)nc1.I. The second-order valence-corrected chi connectivity index (χ2v) is 7.09. The van der Waals surface area contributed by atoms with Gasteiger partial charge >= 0.3 is 0 Å². The molecular weight excluding hydrogens is 461 g/mol. The first kappa shape index (κ1) is 23.4. The van der Waals surface area contributed by atoms with Gasteiger partial charge in [-0.2, -0.15) is 0 Å². The van der Waals surface area contributed by atoms with E-state index in [4.69, 9.17) is 16.6 Å². The van der Waals surface area contributed by atoms with Gasteiger partial charge in [-0.3, -0.25) is 4.99 Å². The minimum Gasteiger partial charge on any atom is -0.357 e. The van der Waals surface area contributed by atoms with Crippen molar-refractivity contribution in [3.05, 3.63) is 29.0 Å². The number of hydrogen-bond acceptors (Lipinski definition) is 3. The summed E-state index contributed by atoms with van der Waals surface area (Å²) in [6, 6.07) is 4.59. The Kier molecular flexibility index (Phi) is 12.2. The maximum atomic E-state index is 5.82. The van der Waals surface area contributed by atoms with Crippen LogP contribution in [0.5, 0.6) is 0 Å². The standard InChI is InChI=1S/C19H32ClN5.HI/c1-3-21-19(22-12-11-16-9-10-18(20)24-15-16)23-13-14-25(2)17-7-5-4-6-8-17;/h9-10,15,17H,3-8,11-14H2,1-2H3,(H2,21,22,23);1H. The van der Waals surface area contributed by atoms with Crippen molar-refractivity contribution >= 4 is 41.5 Å². The van der Waals surface area contributed by atoms with Gasteiger partial charge in [-0.1, -0.05) is 36.9 Å². The number of pyridine rings is 1. The molecule has 1 saturated carbocycles. The molecule has 0 aliphatic heterocycles. The Morgan fingerprint density at radius 1 is 1.27 bits per heavy atom. The number of hydrogen-bond donors (Lipinski definition) is 2. The highest BCUT2D eigenvalue weighted by atomic mass is 127. The molecule has 0 unspecified atom stereocenters. The summed E-state index contributed by atoms with van der Waals surface area (Å²) >= 11 is 5.82. The lowest BCUT2D eigenvalue weighted by atomic mass is 9.94. The summed E-state index contributed by atoms with van der Waals surface area (Å²) in [4.78, 5) is 11.3. The highest BCUT2D eigenvalue weighted by Gasteiger charge is 2.17. The lowest BCUT2D eigenvalue weighted by Gasteiger charge is -2.30. The van der Waals surface area contributed by atoms with Gasteiger partial charge in [0, 0.05) is 31.9 Å². The molecule has 1 aromatic heterocycles. The normalized spacial score (nSPS) is 15.6. The largest absolute Gasteiger partial charge is 0.357 e. The van der Waals surface area contributed by atoms with Gasteiger partial charge in [0.15, 0.2) is 5.96 Å². The zero-order chi connectivity index (χ0) is 17.9. The minimum atomic E-state index is 0. The fraction of sp³-hybridized carbons (Fsp3) is 0.684. The predicted molar refractivity (Wildman–Crippen MR) is 122 cm³/mol. The molecule has 0 spiro atoms. The van der Waals surface area contributed by atoms with Crippen LogP contribution in [-0.2, 0) is 6.42 Å². The molecule has 0 amide bonds. The van der Waals surface area contributed by atoms with Crippen LogP contribution < -0.4 is 10.6 Å². The Bertz CT molecular complexity index is 517. The van der Waals surface area contributed by atoms with E-state index in [0.29, 0.717) is 5.15 Å². The van der Waals surface area contributed by atoms with E-state index in [2.05, 4.69) is 34.5 Å². The number of rotatable bonds is 8. The van der Waals surface area contributed by atoms with Crippen molar-refractivity contribution < 1.29 is 0 Å². The number of likely N-dealkylation sites (N-methyl/N-ethyl adjacent to an activating group) is 1. The van der Waals surface area contributed by atoms with E-state index in [1.807, 2.05) is 18.3 Å². The monoisotopic (exact) mass is 493 g/mol. The molecule has 148 valence electrons. The first-order chi connectivity index (χ1) is 12.2. The second kappa shape index (κ2) is 13.6. The van der Waals surface area contributed by atoms with Crippen LogP contribution in [0.1, 0.15) is 44.6 Å². The molecule has 0 saturated heterocycles. The van der Waals surface area contributed by atoms with Gasteiger partial charge < -0.3 is 15.5 Å². The number of aromatic nitrogens is 1. The topological polar surface area (TPSA) is 52.6 Å². The highest BCUT2D eigenvalue weighted by Crippen LogP contribution is 2.21. The second-order valence-electron chi connectivity index (χ2n) is 6.70. The first-order valence-electron chi connectivity index (χ1n) is 9.52.